The highest BCUT2D eigenvalue weighted by Crippen LogP contribution is 2.35. The molecule has 3 heterocycles. The van der Waals surface area contributed by atoms with Crippen LogP contribution in [0.15, 0.2) is 63.5 Å². The smallest absolute Gasteiger partial charge is 0.338 e. The lowest BCUT2D eigenvalue weighted by molar-refractivity contribution is -0.139. The minimum Gasteiger partial charge on any atom is -0.463 e. The number of fused-ring (bicyclic) bond motifs is 2. The van der Waals surface area contributed by atoms with Gasteiger partial charge in [0, 0.05) is 5.02 Å². The van der Waals surface area contributed by atoms with Crippen molar-refractivity contribution in [2.24, 2.45) is 4.99 Å². The second-order valence-corrected chi connectivity index (χ2v) is 8.85. The summed E-state index contributed by atoms with van der Waals surface area (Å²) in [6, 6.07) is 11.9. The van der Waals surface area contributed by atoms with Crippen LogP contribution in [0.1, 0.15) is 31.0 Å². The summed E-state index contributed by atoms with van der Waals surface area (Å²) in [5, 5.41) is 0.448. The first-order valence-corrected chi connectivity index (χ1v) is 11.5. The Kier molecular flexibility index (Phi) is 5.55. The Hall–Kier alpha value is -3.36. The lowest BCUT2D eigenvalue weighted by atomic mass is 9.96. The van der Waals surface area contributed by atoms with E-state index in [9.17, 15) is 9.59 Å². The van der Waals surface area contributed by atoms with Gasteiger partial charge in [-0.25, -0.2) is 9.79 Å². The van der Waals surface area contributed by atoms with Crippen LogP contribution in [0.2, 0.25) is 5.02 Å². The third-order valence-electron chi connectivity index (χ3n) is 5.41. The van der Waals surface area contributed by atoms with Gasteiger partial charge in [-0.1, -0.05) is 47.2 Å². The molecule has 5 rings (SSSR count). The van der Waals surface area contributed by atoms with Crippen molar-refractivity contribution >= 4 is 35.0 Å². The maximum Gasteiger partial charge on any atom is 0.338 e. The van der Waals surface area contributed by atoms with Gasteiger partial charge >= 0.3 is 5.97 Å². The van der Waals surface area contributed by atoms with E-state index >= 15 is 0 Å². The molecule has 0 N–H and O–H groups in total. The predicted octanol–water partition coefficient (Wildman–Crippen LogP) is 3.18. The molecular weight excluding hydrogens is 464 g/mol. The van der Waals surface area contributed by atoms with Gasteiger partial charge in [-0.15, -0.1) is 0 Å². The van der Waals surface area contributed by atoms with Crippen LogP contribution in [0.25, 0.3) is 6.08 Å². The zero-order valence-corrected chi connectivity index (χ0v) is 19.4. The largest absolute Gasteiger partial charge is 0.463 e. The molecule has 0 aliphatic carbocycles. The number of hydrogen-bond donors (Lipinski definition) is 0. The van der Waals surface area contributed by atoms with Crippen LogP contribution in [-0.2, 0) is 9.53 Å². The summed E-state index contributed by atoms with van der Waals surface area (Å²) in [5.41, 5.74) is 1.95. The van der Waals surface area contributed by atoms with Crippen LogP contribution >= 0.6 is 22.9 Å². The van der Waals surface area contributed by atoms with Crippen molar-refractivity contribution in [2.45, 2.75) is 19.9 Å². The van der Waals surface area contributed by atoms with Crippen molar-refractivity contribution in [2.75, 3.05) is 13.4 Å². The number of allylic oxidation sites excluding steroid dienone is 1. The van der Waals surface area contributed by atoms with E-state index in [1.165, 1.54) is 15.9 Å². The Bertz CT molecular complexity index is 1490. The fraction of sp³-hybridized carbons (Fsp3) is 0.208. The van der Waals surface area contributed by atoms with Gasteiger partial charge in [0.25, 0.3) is 5.56 Å². The zero-order valence-electron chi connectivity index (χ0n) is 17.8. The SMILES string of the molecule is CCOC(=O)C1=C(C)N=c2s/c(=C\c3ccc4c(c3)OCO4)c(=O)n2C1c1ccccc1Cl. The highest BCUT2D eigenvalue weighted by Gasteiger charge is 2.34. The summed E-state index contributed by atoms with van der Waals surface area (Å²) in [4.78, 5) is 31.5. The topological polar surface area (TPSA) is 79.1 Å². The number of thiazole rings is 1. The van der Waals surface area contributed by atoms with Gasteiger partial charge in [0.15, 0.2) is 16.3 Å². The van der Waals surface area contributed by atoms with Crippen LogP contribution in [0.3, 0.4) is 0 Å². The highest BCUT2D eigenvalue weighted by atomic mass is 35.5. The maximum absolute atomic E-state index is 13.6. The Morgan fingerprint density at radius 2 is 2.06 bits per heavy atom. The molecule has 1 unspecified atom stereocenters. The lowest BCUT2D eigenvalue weighted by Crippen LogP contribution is -2.40. The Balaban J connectivity index is 1.71. The molecule has 2 aromatic carbocycles. The fourth-order valence-electron chi connectivity index (χ4n) is 3.94. The van der Waals surface area contributed by atoms with Gasteiger partial charge in [0.05, 0.1) is 22.4 Å². The van der Waals surface area contributed by atoms with Crippen molar-refractivity contribution in [1.29, 1.82) is 0 Å². The Morgan fingerprint density at radius 3 is 2.85 bits per heavy atom. The number of hydrogen-bond acceptors (Lipinski definition) is 7. The number of esters is 1. The van der Waals surface area contributed by atoms with Gasteiger partial charge in [-0.3, -0.25) is 9.36 Å². The van der Waals surface area contributed by atoms with Gasteiger partial charge < -0.3 is 14.2 Å². The molecule has 168 valence electrons. The molecule has 9 heteroatoms. The summed E-state index contributed by atoms with van der Waals surface area (Å²) < 4.78 is 18.1. The lowest BCUT2D eigenvalue weighted by Gasteiger charge is -2.25. The third kappa shape index (κ3) is 3.75. The Morgan fingerprint density at radius 1 is 1.27 bits per heavy atom. The summed E-state index contributed by atoms with van der Waals surface area (Å²) in [7, 11) is 0. The average Bonchev–Trinajstić information content (AvgIpc) is 3.37. The number of aromatic nitrogens is 1. The number of rotatable bonds is 4. The fourth-order valence-corrected chi connectivity index (χ4v) is 5.22. The molecule has 2 aliphatic rings. The number of halogens is 1. The molecule has 0 spiro atoms. The summed E-state index contributed by atoms with van der Waals surface area (Å²) in [5.74, 6) is 0.779. The minimum absolute atomic E-state index is 0.175. The predicted molar refractivity (Wildman–Crippen MR) is 124 cm³/mol. The van der Waals surface area contributed by atoms with Crippen molar-refractivity contribution in [1.82, 2.24) is 4.57 Å². The molecular formula is C24H19ClN2O5S. The van der Waals surface area contributed by atoms with Crippen molar-refractivity contribution in [3.8, 4) is 11.5 Å². The molecule has 1 aromatic heterocycles. The van der Waals surface area contributed by atoms with Crippen LogP contribution in [0.5, 0.6) is 11.5 Å². The molecule has 2 aliphatic heterocycles. The van der Waals surface area contributed by atoms with E-state index in [0.29, 0.717) is 42.7 Å². The molecule has 33 heavy (non-hydrogen) atoms. The molecule has 0 bridgehead atoms. The first kappa shape index (κ1) is 21.5. The van der Waals surface area contributed by atoms with Gasteiger partial charge in [0.2, 0.25) is 6.79 Å². The summed E-state index contributed by atoms with van der Waals surface area (Å²) >= 11 is 7.76. The van der Waals surface area contributed by atoms with Crippen molar-refractivity contribution < 1.29 is 19.0 Å². The Labute approximate surface area is 197 Å². The number of nitrogens with zero attached hydrogens (tertiary/aromatic N) is 2. The number of carbonyl (C=O) groups is 1. The van der Waals surface area contributed by atoms with E-state index < -0.39 is 12.0 Å². The normalized spacial score (nSPS) is 17.1. The number of benzene rings is 2. The molecule has 1 atom stereocenters. The van der Waals surface area contributed by atoms with E-state index in [1.807, 2.05) is 18.2 Å². The number of ether oxygens (including phenoxy) is 3. The summed E-state index contributed by atoms with van der Waals surface area (Å²) in [6.07, 6.45) is 1.78. The quantitative estimate of drug-likeness (QED) is 0.534. The maximum atomic E-state index is 13.6. The van der Waals surface area contributed by atoms with Crippen LogP contribution in [-0.4, -0.2) is 23.9 Å². The van der Waals surface area contributed by atoms with Gasteiger partial charge in [0.1, 0.15) is 6.04 Å². The average molecular weight is 483 g/mol. The van der Waals surface area contributed by atoms with E-state index in [2.05, 4.69) is 4.99 Å². The molecule has 7 nitrogen and oxygen atoms in total. The molecule has 0 amide bonds. The first-order chi connectivity index (χ1) is 16.0. The minimum atomic E-state index is -0.743. The monoisotopic (exact) mass is 482 g/mol. The first-order valence-electron chi connectivity index (χ1n) is 10.3. The molecule has 0 saturated carbocycles. The van der Waals surface area contributed by atoms with E-state index in [1.54, 1.807) is 44.2 Å². The van der Waals surface area contributed by atoms with Crippen LogP contribution in [0.4, 0.5) is 0 Å². The van der Waals surface area contributed by atoms with Crippen molar-refractivity contribution in [3.63, 3.8) is 0 Å². The molecule has 0 saturated heterocycles. The second kappa shape index (κ2) is 8.53. The number of carbonyl (C=O) groups excluding carboxylic acids is 1. The van der Waals surface area contributed by atoms with E-state index in [-0.39, 0.29) is 19.0 Å². The second-order valence-electron chi connectivity index (χ2n) is 7.44. The highest BCUT2D eigenvalue weighted by molar-refractivity contribution is 7.07. The van der Waals surface area contributed by atoms with E-state index in [0.717, 1.165) is 5.56 Å². The van der Waals surface area contributed by atoms with Crippen molar-refractivity contribution in [3.05, 3.63) is 89.6 Å². The summed E-state index contributed by atoms with van der Waals surface area (Å²) in [6.45, 7) is 3.86. The van der Waals surface area contributed by atoms with Crippen LogP contribution < -0.4 is 24.4 Å². The van der Waals surface area contributed by atoms with Gasteiger partial charge in [-0.2, -0.15) is 0 Å². The zero-order chi connectivity index (χ0) is 23.1. The van der Waals surface area contributed by atoms with E-state index in [4.69, 9.17) is 25.8 Å². The molecule has 0 fully saturated rings. The van der Waals surface area contributed by atoms with Gasteiger partial charge in [-0.05, 0) is 49.2 Å². The molecule has 0 radical (unpaired) electrons. The van der Waals surface area contributed by atoms with Crippen LogP contribution in [0, 0.1) is 0 Å². The standard InChI is InChI=1S/C24H19ClN2O5S/c1-3-30-23(29)20-13(2)26-24-27(21(20)15-6-4-5-7-16(15)25)22(28)19(33-24)11-14-8-9-17-18(10-14)32-12-31-17/h4-11,21H,3,12H2,1-2H3/b19-11-. The third-order valence-corrected chi connectivity index (χ3v) is 6.74. The molecule has 3 aromatic rings.